The molecule has 2 nitrogen and oxygen atoms in total. The lowest BCUT2D eigenvalue weighted by atomic mass is 9.97. The minimum atomic E-state index is -0.694. The molecule has 0 spiro atoms. The highest BCUT2D eigenvalue weighted by Crippen LogP contribution is 2.14. The first kappa shape index (κ1) is 10.2. The average Bonchev–Trinajstić information content (AvgIpc) is 1.97. The van der Waals surface area contributed by atoms with Crippen molar-refractivity contribution in [3.05, 3.63) is 12.7 Å². The van der Waals surface area contributed by atoms with Crippen LogP contribution in [0, 0.1) is 5.92 Å². The van der Waals surface area contributed by atoms with Crippen LogP contribution in [0.3, 0.4) is 0 Å². The molecule has 0 heterocycles. The van der Waals surface area contributed by atoms with E-state index >= 15 is 0 Å². The van der Waals surface area contributed by atoms with E-state index in [0.717, 1.165) is 19.3 Å². The Balaban J connectivity index is 3.57. The number of carboxylic acids is 1. The first-order valence-corrected chi connectivity index (χ1v) is 4.03. The molecule has 0 aromatic heterocycles. The quantitative estimate of drug-likeness (QED) is 0.600. The summed E-state index contributed by atoms with van der Waals surface area (Å²) in [4.78, 5) is 10.3. The zero-order valence-corrected chi connectivity index (χ0v) is 7.05. The van der Waals surface area contributed by atoms with Gasteiger partial charge in [0, 0.05) is 6.42 Å². The SMILES string of the molecule is C=CCCC(CC)CC(=O)O. The minimum Gasteiger partial charge on any atom is -0.481 e. The Hall–Kier alpha value is -0.790. The van der Waals surface area contributed by atoms with Gasteiger partial charge >= 0.3 is 5.97 Å². The van der Waals surface area contributed by atoms with Crippen molar-refractivity contribution in [1.82, 2.24) is 0 Å². The standard InChI is InChI=1S/C9H16O2/c1-3-5-6-8(4-2)7-9(10)11/h3,8H,1,4-7H2,2H3,(H,10,11). The van der Waals surface area contributed by atoms with E-state index in [1.807, 2.05) is 13.0 Å². The van der Waals surface area contributed by atoms with Gasteiger partial charge in [0.25, 0.3) is 0 Å². The first-order chi connectivity index (χ1) is 5.20. The molecule has 0 bridgehead atoms. The molecule has 11 heavy (non-hydrogen) atoms. The third kappa shape index (κ3) is 5.64. The second-order valence-electron chi connectivity index (χ2n) is 2.74. The molecule has 1 atom stereocenters. The molecule has 0 aliphatic carbocycles. The van der Waals surface area contributed by atoms with Crippen LogP contribution in [-0.2, 0) is 4.79 Å². The smallest absolute Gasteiger partial charge is 0.303 e. The second kappa shape index (κ2) is 5.96. The van der Waals surface area contributed by atoms with Gasteiger partial charge < -0.3 is 5.11 Å². The molecule has 0 saturated heterocycles. The van der Waals surface area contributed by atoms with Crippen molar-refractivity contribution < 1.29 is 9.90 Å². The van der Waals surface area contributed by atoms with Crippen molar-refractivity contribution in [2.24, 2.45) is 5.92 Å². The number of carboxylic acid groups (broad SMARTS) is 1. The lowest BCUT2D eigenvalue weighted by Crippen LogP contribution is -2.06. The monoisotopic (exact) mass is 156 g/mol. The first-order valence-electron chi connectivity index (χ1n) is 4.03. The zero-order valence-electron chi connectivity index (χ0n) is 7.05. The maximum absolute atomic E-state index is 10.3. The van der Waals surface area contributed by atoms with Gasteiger partial charge in [-0.1, -0.05) is 19.4 Å². The van der Waals surface area contributed by atoms with E-state index < -0.39 is 5.97 Å². The average molecular weight is 156 g/mol. The number of rotatable bonds is 6. The molecule has 0 rings (SSSR count). The highest BCUT2D eigenvalue weighted by Gasteiger charge is 2.09. The molecular weight excluding hydrogens is 140 g/mol. The zero-order chi connectivity index (χ0) is 8.69. The second-order valence-corrected chi connectivity index (χ2v) is 2.74. The van der Waals surface area contributed by atoms with Crippen molar-refractivity contribution in [2.45, 2.75) is 32.6 Å². The summed E-state index contributed by atoms with van der Waals surface area (Å²) in [5.74, 6) is -0.369. The summed E-state index contributed by atoms with van der Waals surface area (Å²) in [5.41, 5.74) is 0. The maximum Gasteiger partial charge on any atom is 0.303 e. The highest BCUT2D eigenvalue weighted by atomic mass is 16.4. The van der Waals surface area contributed by atoms with Gasteiger partial charge in [-0.15, -0.1) is 6.58 Å². The van der Waals surface area contributed by atoms with Crippen LogP contribution in [0.25, 0.3) is 0 Å². The van der Waals surface area contributed by atoms with Gasteiger partial charge in [-0.25, -0.2) is 0 Å². The molecule has 0 aliphatic heterocycles. The van der Waals surface area contributed by atoms with Crippen LogP contribution in [0.1, 0.15) is 32.6 Å². The molecule has 0 fully saturated rings. The van der Waals surface area contributed by atoms with Crippen LogP contribution >= 0.6 is 0 Å². The predicted molar refractivity (Wildman–Crippen MR) is 45.5 cm³/mol. The lowest BCUT2D eigenvalue weighted by molar-refractivity contribution is -0.138. The van der Waals surface area contributed by atoms with Crippen LogP contribution in [0.4, 0.5) is 0 Å². The van der Waals surface area contributed by atoms with Gasteiger partial charge in [0.15, 0.2) is 0 Å². The molecule has 2 heteroatoms. The third-order valence-electron chi connectivity index (χ3n) is 1.82. The van der Waals surface area contributed by atoms with Gasteiger partial charge in [0.2, 0.25) is 0 Å². The molecule has 0 saturated carbocycles. The van der Waals surface area contributed by atoms with Gasteiger partial charge in [0.05, 0.1) is 0 Å². The van der Waals surface area contributed by atoms with Crippen molar-refractivity contribution in [1.29, 1.82) is 0 Å². The number of hydrogen-bond donors (Lipinski definition) is 1. The fraction of sp³-hybridized carbons (Fsp3) is 0.667. The van der Waals surface area contributed by atoms with Crippen LogP contribution < -0.4 is 0 Å². The summed E-state index contributed by atoms with van der Waals surface area (Å²) < 4.78 is 0. The normalized spacial score (nSPS) is 12.5. The Bertz CT molecular complexity index is 130. The van der Waals surface area contributed by atoms with Crippen LogP contribution in [-0.4, -0.2) is 11.1 Å². The highest BCUT2D eigenvalue weighted by molar-refractivity contribution is 5.66. The lowest BCUT2D eigenvalue weighted by Gasteiger charge is -2.09. The number of allylic oxidation sites excluding steroid dienone is 1. The van der Waals surface area contributed by atoms with Gasteiger partial charge in [0.1, 0.15) is 0 Å². The van der Waals surface area contributed by atoms with Gasteiger partial charge in [-0.3, -0.25) is 4.79 Å². The Kier molecular flexibility index (Phi) is 5.53. The van der Waals surface area contributed by atoms with Crippen LogP contribution in [0.15, 0.2) is 12.7 Å². The summed E-state index contributed by atoms with van der Waals surface area (Å²) >= 11 is 0. The summed E-state index contributed by atoms with van der Waals surface area (Å²) in [5, 5.41) is 8.49. The Morgan fingerprint density at radius 2 is 2.36 bits per heavy atom. The molecule has 0 amide bonds. The van der Waals surface area contributed by atoms with Crippen molar-refractivity contribution in [3.8, 4) is 0 Å². The van der Waals surface area contributed by atoms with E-state index in [2.05, 4.69) is 6.58 Å². The molecular formula is C9H16O2. The van der Waals surface area contributed by atoms with Crippen molar-refractivity contribution >= 4 is 5.97 Å². The molecule has 1 N–H and O–H groups in total. The van der Waals surface area contributed by atoms with E-state index in [-0.39, 0.29) is 0 Å². The fourth-order valence-electron chi connectivity index (χ4n) is 1.05. The molecule has 0 radical (unpaired) electrons. The van der Waals surface area contributed by atoms with Crippen molar-refractivity contribution in [2.75, 3.05) is 0 Å². The Morgan fingerprint density at radius 3 is 2.73 bits per heavy atom. The van der Waals surface area contributed by atoms with Crippen molar-refractivity contribution in [3.63, 3.8) is 0 Å². The van der Waals surface area contributed by atoms with E-state index in [9.17, 15) is 4.79 Å². The Labute approximate surface area is 67.9 Å². The van der Waals surface area contributed by atoms with Crippen LogP contribution in [0.5, 0.6) is 0 Å². The molecule has 0 aromatic rings. The molecule has 64 valence electrons. The molecule has 0 aliphatic rings. The van der Waals surface area contributed by atoms with Gasteiger partial charge in [-0.05, 0) is 18.8 Å². The van der Waals surface area contributed by atoms with E-state index in [1.165, 1.54) is 0 Å². The summed E-state index contributed by atoms with van der Waals surface area (Å²) in [6.07, 6.45) is 4.95. The number of aliphatic carboxylic acids is 1. The van der Waals surface area contributed by atoms with Crippen LogP contribution in [0.2, 0.25) is 0 Å². The van der Waals surface area contributed by atoms with Gasteiger partial charge in [-0.2, -0.15) is 0 Å². The summed E-state index contributed by atoms with van der Waals surface area (Å²) in [6.45, 7) is 5.62. The number of hydrogen-bond acceptors (Lipinski definition) is 1. The topological polar surface area (TPSA) is 37.3 Å². The van der Waals surface area contributed by atoms with E-state index in [0.29, 0.717) is 12.3 Å². The molecule has 0 aromatic carbocycles. The summed E-state index contributed by atoms with van der Waals surface area (Å²) in [6, 6.07) is 0. The maximum atomic E-state index is 10.3. The fourth-order valence-corrected chi connectivity index (χ4v) is 1.05. The molecule has 1 unspecified atom stereocenters. The Morgan fingerprint density at radius 1 is 1.73 bits per heavy atom. The number of carbonyl (C=O) groups is 1. The summed E-state index contributed by atoms with van der Waals surface area (Å²) in [7, 11) is 0. The largest absolute Gasteiger partial charge is 0.481 e. The predicted octanol–water partition coefficient (Wildman–Crippen LogP) is 2.45. The minimum absolute atomic E-state index is 0.296. The third-order valence-corrected chi connectivity index (χ3v) is 1.82. The van der Waals surface area contributed by atoms with E-state index in [1.54, 1.807) is 0 Å². The van der Waals surface area contributed by atoms with E-state index in [4.69, 9.17) is 5.11 Å².